The fourth-order valence-electron chi connectivity index (χ4n) is 8.40. The molecular weight excluding hydrogens is 810 g/mol. The van der Waals surface area contributed by atoms with Crippen molar-refractivity contribution < 1.29 is 37.6 Å². The highest BCUT2D eigenvalue weighted by Gasteiger charge is 2.26. The Balaban J connectivity index is 3.94. The highest BCUT2D eigenvalue weighted by atomic mass is 31.2. The van der Waals surface area contributed by atoms with Crippen molar-refractivity contribution in [3.63, 3.8) is 0 Å². The number of rotatable bonds is 53. The molecule has 0 rings (SSSR count). The van der Waals surface area contributed by atoms with Gasteiger partial charge in [0.2, 0.25) is 0 Å². The van der Waals surface area contributed by atoms with Crippen LogP contribution in [0.15, 0.2) is 0 Å². The third-order valence-corrected chi connectivity index (χ3v) is 13.5. The molecule has 0 saturated carbocycles. The maximum absolute atomic E-state index is 12.7. The molecule has 0 aliphatic carbocycles. The van der Waals surface area contributed by atoms with E-state index in [1.54, 1.807) is 0 Å². The highest BCUT2D eigenvalue weighted by molar-refractivity contribution is 7.47. The minimum absolute atomic E-state index is 0.0585. The molecule has 3 N–H and O–H groups in total. The Morgan fingerprint density at radius 2 is 0.683 bits per heavy atom. The number of phosphoric acid groups is 1. The van der Waals surface area contributed by atoms with Crippen LogP contribution in [0.2, 0.25) is 0 Å². The van der Waals surface area contributed by atoms with Gasteiger partial charge in [-0.2, -0.15) is 0 Å². The van der Waals surface area contributed by atoms with Crippen molar-refractivity contribution >= 4 is 19.8 Å². The maximum Gasteiger partial charge on any atom is 0.472 e. The molecule has 0 amide bonds. The molecule has 2 atom stereocenters. The molecule has 0 aromatic rings. The molecule has 376 valence electrons. The zero-order chi connectivity index (χ0) is 46.0. The first-order valence-electron chi connectivity index (χ1n) is 27.5. The van der Waals surface area contributed by atoms with Gasteiger partial charge in [0, 0.05) is 19.4 Å². The van der Waals surface area contributed by atoms with Gasteiger partial charge in [-0.15, -0.1) is 0 Å². The van der Waals surface area contributed by atoms with Crippen LogP contribution in [0, 0.1) is 0 Å². The third-order valence-electron chi connectivity index (χ3n) is 12.5. The second-order valence-corrected chi connectivity index (χ2v) is 20.3. The SMILES string of the molecule is CCCCCCCCCCCCCCCCCCCCCCCC(=O)OC[C@H](COP(=O)(O)OCCN)OC(=O)CCCCCCCCCCCCCCCCCCCCCCC. The lowest BCUT2D eigenvalue weighted by atomic mass is 10.0. The van der Waals surface area contributed by atoms with Gasteiger partial charge in [-0.05, 0) is 12.8 Å². The quantitative estimate of drug-likeness (QED) is 0.0347. The number of nitrogens with two attached hydrogens (primary N) is 1. The monoisotopic (exact) mass is 916 g/mol. The van der Waals surface area contributed by atoms with Crippen LogP contribution in [0.25, 0.3) is 0 Å². The van der Waals surface area contributed by atoms with Gasteiger partial charge in [-0.25, -0.2) is 4.57 Å². The standard InChI is InChI=1S/C53H106NO8P/c1-3-5-7-9-11-13-15-17-19-21-23-25-27-29-31-33-35-37-39-41-43-45-52(55)59-49-51(50-61-63(57,58)60-48-47-54)62-53(56)46-44-42-40-38-36-34-32-30-28-26-24-22-20-18-16-14-12-10-8-6-4-2/h51H,3-50,54H2,1-2H3,(H,57,58)/t51-/m1/s1. The van der Waals surface area contributed by atoms with Crippen molar-refractivity contribution in [1.82, 2.24) is 0 Å². The van der Waals surface area contributed by atoms with Crippen molar-refractivity contribution in [2.24, 2.45) is 5.73 Å². The summed E-state index contributed by atoms with van der Waals surface area (Å²) in [5.74, 6) is -0.804. The van der Waals surface area contributed by atoms with Gasteiger partial charge in [0.1, 0.15) is 6.61 Å². The lowest BCUT2D eigenvalue weighted by Gasteiger charge is -2.19. The van der Waals surface area contributed by atoms with Crippen LogP contribution in [-0.4, -0.2) is 49.3 Å². The molecular formula is C53H106NO8P. The Hall–Kier alpha value is -0.990. The van der Waals surface area contributed by atoms with Crippen LogP contribution in [0.3, 0.4) is 0 Å². The van der Waals surface area contributed by atoms with Gasteiger partial charge in [0.25, 0.3) is 0 Å². The van der Waals surface area contributed by atoms with Gasteiger partial charge in [-0.1, -0.05) is 271 Å². The summed E-state index contributed by atoms with van der Waals surface area (Å²) in [6.07, 6.45) is 54.3. The third kappa shape index (κ3) is 50.3. The van der Waals surface area contributed by atoms with Crippen molar-refractivity contribution in [3.05, 3.63) is 0 Å². The Morgan fingerprint density at radius 3 is 0.968 bits per heavy atom. The first kappa shape index (κ1) is 62.0. The van der Waals surface area contributed by atoms with Gasteiger partial charge in [0.15, 0.2) is 6.10 Å². The lowest BCUT2D eigenvalue weighted by molar-refractivity contribution is -0.161. The topological polar surface area (TPSA) is 134 Å². The molecule has 0 spiro atoms. The summed E-state index contributed by atoms with van der Waals surface area (Å²) in [5.41, 5.74) is 5.38. The van der Waals surface area contributed by atoms with Gasteiger partial charge >= 0.3 is 19.8 Å². The zero-order valence-corrected chi connectivity index (χ0v) is 42.7. The largest absolute Gasteiger partial charge is 0.472 e. The van der Waals surface area contributed by atoms with Crippen LogP contribution in [0.4, 0.5) is 0 Å². The number of hydrogen-bond donors (Lipinski definition) is 2. The number of carbonyl (C=O) groups is 2. The Morgan fingerprint density at radius 1 is 0.413 bits per heavy atom. The Labute approximate surface area is 390 Å². The minimum Gasteiger partial charge on any atom is -0.462 e. The second kappa shape index (κ2) is 50.4. The van der Waals surface area contributed by atoms with E-state index in [-0.39, 0.29) is 38.6 Å². The van der Waals surface area contributed by atoms with E-state index in [1.165, 1.54) is 231 Å². The van der Waals surface area contributed by atoms with Crippen LogP contribution < -0.4 is 5.73 Å². The second-order valence-electron chi connectivity index (χ2n) is 18.8. The molecule has 0 aromatic heterocycles. The number of esters is 2. The molecule has 0 aliphatic rings. The van der Waals surface area contributed by atoms with Crippen molar-refractivity contribution in [3.8, 4) is 0 Å². The van der Waals surface area contributed by atoms with E-state index >= 15 is 0 Å². The molecule has 0 aliphatic heterocycles. The van der Waals surface area contributed by atoms with Crippen molar-refractivity contribution in [2.75, 3.05) is 26.4 Å². The van der Waals surface area contributed by atoms with Crippen LogP contribution in [-0.2, 0) is 32.7 Å². The van der Waals surface area contributed by atoms with Gasteiger partial charge in [-0.3, -0.25) is 18.6 Å². The van der Waals surface area contributed by atoms with Crippen LogP contribution >= 0.6 is 7.82 Å². The molecule has 0 aromatic carbocycles. The highest BCUT2D eigenvalue weighted by Crippen LogP contribution is 2.43. The summed E-state index contributed by atoms with van der Waals surface area (Å²) in [5, 5.41) is 0. The van der Waals surface area contributed by atoms with Gasteiger partial charge in [0.05, 0.1) is 13.2 Å². The summed E-state index contributed by atoms with van der Waals surface area (Å²) in [6.45, 7) is 3.82. The zero-order valence-electron chi connectivity index (χ0n) is 41.8. The predicted molar refractivity (Wildman–Crippen MR) is 266 cm³/mol. The number of hydrogen-bond acceptors (Lipinski definition) is 8. The fraction of sp³-hybridized carbons (Fsp3) is 0.962. The van der Waals surface area contributed by atoms with Crippen LogP contribution in [0.1, 0.15) is 296 Å². The normalized spacial score (nSPS) is 13.0. The molecule has 0 heterocycles. The van der Waals surface area contributed by atoms with Crippen molar-refractivity contribution in [1.29, 1.82) is 0 Å². The van der Waals surface area contributed by atoms with E-state index in [9.17, 15) is 19.0 Å². The van der Waals surface area contributed by atoms with E-state index < -0.39 is 26.5 Å². The number of phosphoric ester groups is 1. The molecule has 9 nitrogen and oxygen atoms in total. The van der Waals surface area contributed by atoms with Gasteiger partial charge < -0.3 is 20.1 Å². The average Bonchev–Trinajstić information content (AvgIpc) is 3.27. The van der Waals surface area contributed by atoms with E-state index in [0.29, 0.717) is 6.42 Å². The van der Waals surface area contributed by atoms with E-state index in [0.717, 1.165) is 32.1 Å². The molecule has 10 heteroatoms. The molecule has 1 unspecified atom stereocenters. The summed E-state index contributed by atoms with van der Waals surface area (Å²) >= 11 is 0. The smallest absolute Gasteiger partial charge is 0.462 e. The lowest BCUT2D eigenvalue weighted by Crippen LogP contribution is -2.29. The molecule has 0 bridgehead atoms. The molecule has 0 radical (unpaired) electrons. The van der Waals surface area contributed by atoms with E-state index in [1.807, 2.05) is 0 Å². The predicted octanol–water partition coefficient (Wildman–Crippen LogP) is 16.7. The molecule has 0 saturated heterocycles. The molecule has 63 heavy (non-hydrogen) atoms. The number of carbonyl (C=O) groups excluding carboxylic acids is 2. The number of ether oxygens (including phenoxy) is 2. The maximum atomic E-state index is 12.7. The summed E-state index contributed by atoms with van der Waals surface area (Å²) < 4.78 is 33.0. The minimum atomic E-state index is -4.38. The average molecular weight is 916 g/mol. The first-order chi connectivity index (χ1) is 30.8. The van der Waals surface area contributed by atoms with Crippen molar-refractivity contribution in [2.45, 2.75) is 302 Å². The van der Waals surface area contributed by atoms with Crippen LogP contribution in [0.5, 0.6) is 0 Å². The summed E-state index contributed by atoms with van der Waals surface area (Å²) in [7, 11) is -4.38. The van der Waals surface area contributed by atoms with E-state index in [4.69, 9.17) is 24.3 Å². The Bertz CT molecular complexity index is 1000. The Kier molecular flexibility index (Phi) is 49.6. The summed E-state index contributed by atoms with van der Waals surface area (Å²) in [6, 6.07) is 0. The first-order valence-corrected chi connectivity index (χ1v) is 29.0. The summed E-state index contributed by atoms with van der Waals surface area (Å²) in [4.78, 5) is 35.1. The molecule has 0 fully saturated rings. The van der Waals surface area contributed by atoms with E-state index in [2.05, 4.69) is 13.8 Å². The fourth-order valence-corrected chi connectivity index (χ4v) is 9.17. The number of unbranched alkanes of at least 4 members (excludes halogenated alkanes) is 40.